The third-order valence-electron chi connectivity index (χ3n) is 4.64. The maximum atomic E-state index is 13.5. The van der Waals surface area contributed by atoms with Crippen LogP contribution in [-0.4, -0.2) is 36.4 Å². The van der Waals surface area contributed by atoms with Gasteiger partial charge >= 0.3 is 0 Å². The van der Waals surface area contributed by atoms with Gasteiger partial charge in [-0.05, 0) is 31.0 Å². The highest BCUT2D eigenvalue weighted by atomic mass is 19.1. The van der Waals surface area contributed by atoms with E-state index in [1.54, 1.807) is 17.9 Å². The second-order valence-corrected chi connectivity index (χ2v) is 6.16. The third kappa shape index (κ3) is 3.46. The summed E-state index contributed by atoms with van der Waals surface area (Å²) in [6.45, 7) is 3.29. The van der Waals surface area contributed by atoms with Crippen molar-refractivity contribution in [2.75, 3.05) is 19.7 Å². The van der Waals surface area contributed by atoms with Gasteiger partial charge in [0.1, 0.15) is 11.6 Å². The van der Waals surface area contributed by atoms with E-state index in [4.69, 9.17) is 4.74 Å². The Balaban J connectivity index is 1.63. The lowest BCUT2D eigenvalue weighted by atomic mass is 9.94. The average molecular weight is 320 g/mol. The van der Waals surface area contributed by atoms with Crippen LogP contribution in [0.2, 0.25) is 0 Å². The molecule has 1 unspecified atom stereocenters. The van der Waals surface area contributed by atoms with Crippen LogP contribution < -0.4 is 10.1 Å². The van der Waals surface area contributed by atoms with E-state index in [0.29, 0.717) is 50.3 Å². The van der Waals surface area contributed by atoms with Crippen LogP contribution in [0.15, 0.2) is 18.2 Å². The number of benzene rings is 1. The molecule has 0 bridgehead atoms. The summed E-state index contributed by atoms with van der Waals surface area (Å²) >= 11 is 0. The van der Waals surface area contributed by atoms with Crippen molar-refractivity contribution in [3.05, 3.63) is 29.6 Å². The van der Waals surface area contributed by atoms with E-state index in [-0.39, 0.29) is 29.6 Å². The Hall–Kier alpha value is -2.11. The van der Waals surface area contributed by atoms with Crippen LogP contribution in [0.1, 0.15) is 37.8 Å². The highest BCUT2D eigenvalue weighted by Gasteiger charge is 2.29. The molecule has 1 N–H and O–H groups in total. The molecule has 3 rings (SSSR count). The number of rotatable bonds is 2. The summed E-state index contributed by atoms with van der Waals surface area (Å²) in [5, 5.41) is 3.03. The van der Waals surface area contributed by atoms with Crippen molar-refractivity contribution in [3.63, 3.8) is 0 Å². The van der Waals surface area contributed by atoms with Gasteiger partial charge in [0.15, 0.2) is 0 Å². The molecule has 1 fully saturated rings. The lowest BCUT2D eigenvalue weighted by Gasteiger charge is -2.32. The van der Waals surface area contributed by atoms with Gasteiger partial charge in [-0.15, -0.1) is 0 Å². The molecule has 2 aliphatic heterocycles. The number of carbonyl (C=O) groups is 2. The maximum absolute atomic E-state index is 13.5. The molecule has 124 valence electrons. The normalized spacial score (nSPS) is 21.3. The highest BCUT2D eigenvalue weighted by Crippen LogP contribution is 2.33. The molecular formula is C17H21FN2O3. The van der Waals surface area contributed by atoms with Crippen molar-refractivity contribution in [1.82, 2.24) is 10.2 Å². The van der Waals surface area contributed by atoms with Crippen LogP contribution >= 0.6 is 0 Å². The number of nitrogens with zero attached hydrogens (tertiary/aromatic N) is 1. The summed E-state index contributed by atoms with van der Waals surface area (Å²) in [6, 6.07) is 4.18. The molecule has 2 aliphatic rings. The zero-order valence-electron chi connectivity index (χ0n) is 13.2. The summed E-state index contributed by atoms with van der Waals surface area (Å²) in [5.74, 6) is 0.246. The minimum absolute atomic E-state index is 0.0182. The first-order valence-corrected chi connectivity index (χ1v) is 8.02. The summed E-state index contributed by atoms with van der Waals surface area (Å²) in [4.78, 5) is 25.6. The smallest absolute Gasteiger partial charge is 0.223 e. The van der Waals surface area contributed by atoms with Gasteiger partial charge < -0.3 is 15.0 Å². The Morgan fingerprint density at radius 3 is 2.70 bits per heavy atom. The number of likely N-dealkylation sites (tertiary alicyclic amines) is 1. The van der Waals surface area contributed by atoms with Crippen molar-refractivity contribution in [1.29, 1.82) is 0 Å². The second kappa shape index (κ2) is 6.56. The molecule has 1 saturated heterocycles. The van der Waals surface area contributed by atoms with Gasteiger partial charge in [-0.1, -0.05) is 0 Å². The number of halogens is 1. The second-order valence-electron chi connectivity index (χ2n) is 6.16. The van der Waals surface area contributed by atoms with E-state index >= 15 is 0 Å². The molecule has 2 amide bonds. The molecule has 2 heterocycles. The van der Waals surface area contributed by atoms with Gasteiger partial charge in [0.05, 0.1) is 12.6 Å². The molecule has 0 aromatic heterocycles. The van der Waals surface area contributed by atoms with Crippen molar-refractivity contribution < 1.29 is 18.7 Å². The molecular weight excluding hydrogens is 299 g/mol. The molecule has 0 aliphatic carbocycles. The SMILES string of the molecule is CC(=O)N1CCC(C(=O)NC2CCOc3ccc(F)cc32)CC1. The number of amides is 2. The first-order chi connectivity index (χ1) is 11.0. The van der Waals surface area contributed by atoms with Crippen LogP contribution in [-0.2, 0) is 9.59 Å². The highest BCUT2D eigenvalue weighted by molar-refractivity contribution is 5.80. The standard InChI is InChI=1S/C17H21FN2O3/c1-11(21)20-7-4-12(5-8-20)17(22)19-15-6-9-23-16-3-2-13(18)10-14(15)16/h2-3,10,12,15H,4-9H2,1H3,(H,19,22). The zero-order chi connectivity index (χ0) is 16.4. The number of piperidine rings is 1. The van der Waals surface area contributed by atoms with Crippen molar-refractivity contribution >= 4 is 11.8 Å². The van der Waals surface area contributed by atoms with Gasteiger partial charge in [0.25, 0.3) is 0 Å². The predicted molar refractivity (Wildman–Crippen MR) is 82.4 cm³/mol. The van der Waals surface area contributed by atoms with Gasteiger partial charge in [-0.3, -0.25) is 9.59 Å². The van der Waals surface area contributed by atoms with Crippen molar-refractivity contribution in [3.8, 4) is 5.75 Å². The first kappa shape index (κ1) is 15.8. The number of carbonyl (C=O) groups excluding carboxylic acids is 2. The Labute approximate surface area is 134 Å². The van der Waals surface area contributed by atoms with Gasteiger partial charge in [-0.25, -0.2) is 4.39 Å². The number of nitrogens with one attached hydrogen (secondary N) is 1. The molecule has 0 saturated carbocycles. The van der Waals surface area contributed by atoms with E-state index in [9.17, 15) is 14.0 Å². The lowest BCUT2D eigenvalue weighted by molar-refractivity contribution is -0.134. The van der Waals surface area contributed by atoms with Gasteiger partial charge in [-0.2, -0.15) is 0 Å². The zero-order valence-corrected chi connectivity index (χ0v) is 13.2. The van der Waals surface area contributed by atoms with Crippen molar-refractivity contribution in [2.24, 2.45) is 5.92 Å². The van der Waals surface area contributed by atoms with E-state index in [1.807, 2.05) is 0 Å². The van der Waals surface area contributed by atoms with Crippen LogP contribution in [0.4, 0.5) is 4.39 Å². The third-order valence-corrected chi connectivity index (χ3v) is 4.64. The van der Waals surface area contributed by atoms with E-state index in [1.165, 1.54) is 12.1 Å². The summed E-state index contributed by atoms with van der Waals surface area (Å²) in [7, 11) is 0. The Bertz CT molecular complexity index is 612. The molecule has 1 aromatic rings. The van der Waals surface area contributed by atoms with Crippen LogP contribution in [0, 0.1) is 11.7 Å². The molecule has 1 aromatic carbocycles. The largest absolute Gasteiger partial charge is 0.493 e. The molecule has 6 heteroatoms. The van der Waals surface area contributed by atoms with Crippen molar-refractivity contribution in [2.45, 2.75) is 32.2 Å². The minimum Gasteiger partial charge on any atom is -0.493 e. The molecule has 1 atom stereocenters. The summed E-state index contributed by atoms with van der Waals surface area (Å²) in [5.41, 5.74) is 0.700. The summed E-state index contributed by atoms with van der Waals surface area (Å²) < 4.78 is 19.0. The minimum atomic E-state index is -0.330. The fourth-order valence-electron chi connectivity index (χ4n) is 3.26. The quantitative estimate of drug-likeness (QED) is 0.907. The molecule has 5 nitrogen and oxygen atoms in total. The monoisotopic (exact) mass is 320 g/mol. The Kier molecular flexibility index (Phi) is 4.50. The van der Waals surface area contributed by atoms with Crippen LogP contribution in [0.3, 0.4) is 0 Å². The van der Waals surface area contributed by atoms with E-state index < -0.39 is 0 Å². The fraction of sp³-hybridized carbons (Fsp3) is 0.529. The number of ether oxygens (including phenoxy) is 1. The Morgan fingerprint density at radius 1 is 1.26 bits per heavy atom. The summed E-state index contributed by atoms with van der Waals surface area (Å²) in [6.07, 6.45) is 1.98. The molecule has 23 heavy (non-hydrogen) atoms. The predicted octanol–water partition coefficient (Wildman–Crippen LogP) is 2.02. The lowest BCUT2D eigenvalue weighted by Crippen LogP contribution is -2.43. The first-order valence-electron chi connectivity index (χ1n) is 8.02. The number of hydrogen-bond acceptors (Lipinski definition) is 3. The molecule has 0 radical (unpaired) electrons. The Morgan fingerprint density at radius 2 is 2.00 bits per heavy atom. The van der Waals surface area contributed by atoms with E-state index in [2.05, 4.69) is 5.32 Å². The van der Waals surface area contributed by atoms with Gasteiger partial charge in [0.2, 0.25) is 11.8 Å². The number of hydrogen-bond donors (Lipinski definition) is 1. The fourth-order valence-corrected chi connectivity index (χ4v) is 3.26. The topological polar surface area (TPSA) is 58.6 Å². The van der Waals surface area contributed by atoms with Crippen LogP contribution in [0.5, 0.6) is 5.75 Å². The molecule has 0 spiro atoms. The van der Waals surface area contributed by atoms with E-state index in [0.717, 1.165) is 0 Å². The maximum Gasteiger partial charge on any atom is 0.223 e. The average Bonchev–Trinajstić information content (AvgIpc) is 2.55. The van der Waals surface area contributed by atoms with Gasteiger partial charge in [0, 0.05) is 37.9 Å². The number of fused-ring (bicyclic) bond motifs is 1. The van der Waals surface area contributed by atoms with Crippen LogP contribution in [0.25, 0.3) is 0 Å².